The Bertz CT molecular complexity index is 2330. The third-order valence-electron chi connectivity index (χ3n) is 7.78. The van der Waals surface area contributed by atoms with E-state index >= 15 is 0 Å². The number of aliphatic hydroxyl groups is 2. The minimum Gasteiger partial charge on any atom is -0.493 e. The third-order valence-corrected chi connectivity index (χ3v) is 7.78. The highest BCUT2D eigenvalue weighted by Gasteiger charge is 2.33. The van der Waals surface area contributed by atoms with Crippen LogP contribution in [0.2, 0.25) is 0 Å². The summed E-state index contributed by atoms with van der Waals surface area (Å²) in [5, 5.41) is 65.4. The van der Waals surface area contributed by atoms with Crippen molar-refractivity contribution in [3.63, 3.8) is 0 Å². The molecule has 7 aromatic rings. The Morgan fingerprint density at radius 2 is 1.02 bits per heavy atom. The molecular weight excluding hydrogens is 508 g/mol. The van der Waals surface area contributed by atoms with E-state index in [-0.39, 0.29) is 10.8 Å². The first-order chi connectivity index (χ1) is 19.2. The summed E-state index contributed by atoms with van der Waals surface area (Å²) in [6.45, 7) is 0. The first-order valence-corrected chi connectivity index (χ1v) is 12.3. The van der Waals surface area contributed by atoms with Gasteiger partial charge in [-0.3, -0.25) is 10.8 Å². The Morgan fingerprint density at radius 1 is 0.450 bits per heavy atom. The van der Waals surface area contributed by atoms with Gasteiger partial charge in [0.05, 0.1) is 22.3 Å². The zero-order valence-corrected chi connectivity index (χ0v) is 20.5. The second-order valence-corrected chi connectivity index (χ2v) is 9.76. The summed E-state index contributed by atoms with van der Waals surface area (Å²) in [5.41, 5.74) is -2.66. The minimum atomic E-state index is -1.71. The lowest BCUT2D eigenvalue weighted by Crippen LogP contribution is -2.20. The molecule has 0 fully saturated rings. The lowest BCUT2D eigenvalue weighted by Gasteiger charge is -2.22. The van der Waals surface area contributed by atoms with E-state index in [9.17, 15) is 30.0 Å². The molecule has 7 rings (SSSR count). The number of fused-ring (bicyclic) bond motifs is 6. The number of rotatable bonds is 4. The highest BCUT2D eigenvalue weighted by atomic mass is 16.4. The van der Waals surface area contributed by atoms with Crippen molar-refractivity contribution in [2.24, 2.45) is 0 Å². The van der Waals surface area contributed by atoms with Crippen LogP contribution in [0, 0.1) is 10.8 Å². The van der Waals surface area contributed by atoms with Crippen LogP contribution in [0.15, 0.2) is 72.8 Å². The average molecular weight is 527 g/mol. The number of hydrogen-bond acceptors (Lipinski definition) is 4. The summed E-state index contributed by atoms with van der Waals surface area (Å²) in [7, 11) is 0. The molecule has 0 bridgehead atoms. The van der Waals surface area contributed by atoms with Crippen LogP contribution in [0.4, 0.5) is 0 Å². The van der Waals surface area contributed by atoms with Crippen molar-refractivity contribution in [3.8, 4) is 0 Å². The number of carboxylic acid groups (broad SMARTS) is 2. The topological polar surface area (TPSA) is 163 Å². The van der Waals surface area contributed by atoms with Gasteiger partial charge in [0.15, 0.2) is 0 Å². The Hall–Kier alpha value is -5.76. The maximum Gasteiger partial charge on any atom is 0.337 e. The number of carbonyl (C=O) groups is 2. The Kier molecular flexibility index (Phi) is 4.60. The fraction of sp³-hybridized carbons (Fsp3) is 0. The van der Waals surface area contributed by atoms with Crippen molar-refractivity contribution in [2.45, 2.75) is 0 Å². The first-order valence-electron chi connectivity index (χ1n) is 12.3. The molecule has 0 amide bonds. The van der Waals surface area contributed by atoms with Crippen LogP contribution >= 0.6 is 0 Å². The maximum absolute atomic E-state index is 12.9. The van der Waals surface area contributed by atoms with Gasteiger partial charge < -0.3 is 20.4 Å². The molecule has 0 saturated carbocycles. The van der Waals surface area contributed by atoms with E-state index in [1.807, 2.05) is 66.7 Å². The van der Waals surface area contributed by atoms with E-state index in [0.717, 1.165) is 32.3 Å². The second kappa shape index (κ2) is 7.87. The highest BCUT2D eigenvalue weighted by molar-refractivity contribution is 6.43. The molecule has 0 aliphatic rings. The molecular formula is C32H18N2O6. The summed E-state index contributed by atoms with van der Waals surface area (Å²) in [6.07, 6.45) is 0. The van der Waals surface area contributed by atoms with Crippen molar-refractivity contribution in [3.05, 3.63) is 95.1 Å². The van der Waals surface area contributed by atoms with Gasteiger partial charge in [-0.1, -0.05) is 60.7 Å². The lowest BCUT2D eigenvalue weighted by atomic mass is 9.80. The Morgan fingerprint density at radius 3 is 1.68 bits per heavy atom. The van der Waals surface area contributed by atoms with Gasteiger partial charge in [0.2, 0.25) is 11.8 Å². The van der Waals surface area contributed by atoms with E-state index in [1.165, 1.54) is 0 Å². The van der Waals surface area contributed by atoms with Gasteiger partial charge in [0.25, 0.3) is 0 Å². The average Bonchev–Trinajstić information content (AvgIpc) is 2.93. The molecule has 0 atom stereocenters. The Labute approximate surface area is 224 Å². The molecule has 0 radical (unpaired) electrons. The first kappa shape index (κ1) is 23.4. The van der Waals surface area contributed by atoms with Gasteiger partial charge >= 0.3 is 11.9 Å². The van der Waals surface area contributed by atoms with Crippen molar-refractivity contribution in [2.75, 3.05) is 0 Å². The molecule has 8 nitrogen and oxygen atoms in total. The van der Waals surface area contributed by atoms with Gasteiger partial charge in [-0.2, -0.15) is 0 Å². The number of benzene rings is 7. The van der Waals surface area contributed by atoms with Crippen molar-refractivity contribution in [1.82, 2.24) is 0 Å². The standard InChI is InChI=1S/C32H18N2O6/c33-29(35)25-20-12-19-15-8-2-1-5-14(15)11-18-16-9-3-6-13-7-4-10-17(21(13)16)23(22(18)19)24(20)27(31(37)38)28(32(39)40)26(25)30(34)36/h1-12H,(H2,33,35)(H2,34,36)(H,37,38)(H,39,40). The number of carboxylic acids is 2. The summed E-state index contributed by atoms with van der Waals surface area (Å²) >= 11 is 0. The van der Waals surface area contributed by atoms with Crippen molar-refractivity contribution in [1.29, 1.82) is 10.8 Å². The number of hydrogen-bond donors (Lipinski definition) is 6. The van der Waals surface area contributed by atoms with Crippen LogP contribution in [0.1, 0.15) is 31.8 Å². The van der Waals surface area contributed by atoms with Crippen molar-refractivity contribution < 1.29 is 30.0 Å². The molecule has 0 heterocycles. The molecule has 7 aromatic carbocycles. The van der Waals surface area contributed by atoms with Gasteiger partial charge in [-0.25, -0.2) is 9.59 Å². The summed E-state index contributed by atoms with van der Waals surface area (Å²) in [4.78, 5) is 25.4. The maximum atomic E-state index is 12.9. The smallest absolute Gasteiger partial charge is 0.337 e. The molecule has 192 valence electrons. The molecule has 0 saturated heterocycles. The zero-order valence-electron chi connectivity index (χ0n) is 20.5. The van der Waals surface area contributed by atoms with Gasteiger partial charge in [0.1, 0.15) is 0 Å². The van der Waals surface area contributed by atoms with Gasteiger partial charge in [-0.15, -0.1) is 0 Å². The third kappa shape index (κ3) is 2.84. The van der Waals surface area contributed by atoms with E-state index in [2.05, 4.69) is 0 Å². The van der Waals surface area contributed by atoms with E-state index in [0.29, 0.717) is 21.5 Å². The molecule has 0 aromatic heterocycles. The highest BCUT2D eigenvalue weighted by Crippen LogP contribution is 2.48. The molecule has 0 aliphatic carbocycles. The molecule has 0 spiro atoms. The predicted molar refractivity (Wildman–Crippen MR) is 155 cm³/mol. The number of aromatic carboxylic acids is 2. The largest absolute Gasteiger partial charge is 0.493 e. The molecule has 0 unspecified atom stereocenters. The molecule has 8 heteroatoms. The van der Waals surface area contributed by atoms with Crippen LogP contribution in [0.25, 0.3) is 64.6 Å². The minimum absolute atomic E-state index is 0.00901. The monoisotopic (exact) mass is 526 g/mol. The van der Waals surface area contributed by atoms with E-state index in [1.54, 1.807) is 6.07 Å². The quantitative estimate of drug-likeness (QED) is 0.0614. The van der Waals surface area contributed by atoms with Crippen LogP contribution in [0.5, 0.6) is 0 Å². The van der Waals surface area contributed by atoms with E-state index in [4.69, 9.17) is 10.8 Å². The Balaban J connectivity index is 2.00. The normalized spacial score (nSPS) is 11.8. The van der Waals surface area contributed by atoms with E-state index < -0.39 is 46.0 Å². The SMILES string of the molecule is N=C(O)c1c(C(=O)O)c(C(=O)O)c2c(cc3c4ccccc4cc4c5cccc6cccc(c65)c2c34)c1C(=N)O. The van der Waals surface area contributed by atoms with Crippen molar-refractivity contribution >= 4 is 88.4 Å². The second-order valence-electron chi connectivity index (χ2n) is 9.76. The van der Waals surface area contributed by atoms with Crippen LogP contribution < -0.4 is 0 Å². The number of nitrogens with one attached hydrogen (secondary N) is 2. The van der Waals surface area contributed by atoms with Crippen LogP contribution in [-0.4, -0.2) is 44.2 Å². The predicted octanol–water partition coefficient (Wildman–Crippen LogP) is 7.21. The van der Waals surface area contributed by atoms with Gasteiger partial charge in [0, 0.05) is 5.39 Å². The summed E-state index contributed by atoms with van der Waals surface area (Å²) in [5.74, 6) is -5.66. The fourth-order valence-corrected chi connectivity index (χ4v) is 6.40. The molecule has 40 heavy (non-hydrogen) atoms. The summed E-state index contributed by atoms with van der Waals surface area (Å²) in [6, 6.07) is 22.8. The zero-order chi connectivity index (χ0) is 28.0. The van der Waals surface area contributed by atoms with Crippen LogP contribution in [0.3, 0.4) is 0 Å². The fourth-order valence-electron chi connectivity index (χ4n) is 6.40. The lowest BCUT2D eigenvalue weighted by molar-refractivity contribution is 0.0653. The summed E-state index contributed by atoms with van der Waals surface area (Å²) < 4.78 is 0. The molecule has 6 N–H and O–H groups in total. The molecule has 0 aliphatic heterocycles. The van der Waals surface area contributed by atoms with Crippen LogP contribution in [-0.2, 0) is 0 Å². The van der Waals surface area contributed by atoms with Gasteiger partial charge in [-0.05, 0) is 71.4 Å². The number of aliphatic hydroxyl groups excluding tert-OH is 2.